The predicted octanol–water partition coefficient (Wildman–Crippen LogP) is 3.31. The summed E-state index contributed by atoms with van der Waals surface area (Å²) in [5, 5.41) is 0. The van der Waals surface area contributed by atoms with Crippen molar-refractivity contribution in [2.24, 2.45) is 4.99 Å². The van der Waals surface area contributed by atoms with E-state index in [4.69, 9.17) is 23.9 Å². The van der Waals surface area contributed by atoms with E-state index >= 15 is 0 Å². The Morgan fingerprint density at radius 2 is 1.48 bits per heavy atom. The molecule has 1 unspecified atom stereocenters. The van der Waals surface area contributed by atoms with Crippen LogP contribution in [0.2, 0.25) is 0 Å². The topological polar surface area (TPSA) is 49.3 Å². The third kappa shape index (κ3) is 3.55. The van der Waals surface area contributed by atoms with Gasteiger partial charge in [-0.1, -0.05) is 6.07 Å². The SMILES string of the molecule is COc1ccc(CC2Cc3cc(OC)c(OC)cc3C=N2)cc1OC. The number of hydrogen-bond donors (Lipinski definition) is 0. The first-order valence-electron chi connectivity index (χ1n) is 8.17. The zero-order valence-corrected chi connectivity index (χ0v) is 15.0. The maximum atomic E-state index is 5.41. The number of ether oxygens (including phenoxy) is 4. The van der Waals surface area contributed by atoms with Crippen LogP contribution in [0.3, 0.4) is 0 Å². The van der Waals surface area contributed by atoms with Crippen molar-refractivity contribution in [2.75, 3.05) is 28.4 Å². The third-order valence-electron chi connectivity index (χ3n) is 4.44. The molecular formula is C20H23NO4. The molecule has 1 heterocycles. The van der Waals surface area contributed by atoms with E-state index in [2.05, 4.69) is 6.07 Å². The Hall–Kier alpha value is -2.69. The van der Waals surface area contributed by atoms with Crippen molar-refractivity contribution in [3.8, 4) is 23.0 Å². The van der Waals surface area contributed by atoms with Crippen molar-refractivity contribution >= 4 is 6.21 Å². The van der Waals surface area contributed by atoms with Gasteiger partial charge < -0.3 is 18.9 Å². The first-order valence-corrected chi connectivity index (χ1v) is 8.17. The minimum Gasteiger partial charge on any atom is -0.493 e. The maximum Gasteiger partial charge on any atom is 0.161 e. The van der Waals surface area contributed by atoms with E-state index in [1.807, 2.05) is 30.5 Å². The van der Waals surface area contributed by atoms with Crippen molar-refractivity contribution in [1.29, 1.82) is 0 Å². The van der Waals surface area contributed by atoms with E-state index in [0.717, 1.165) is 41.4 Å². The van der Waals surface area contributed by atoms with Crippen LogP contribution in [-0.2, 0) is 12.8 Å². The van der Waals surface area contributed by atoms with Gasteiger partial charge in [0.25, 0.3) is 0 Å². The van der Waals surface area contributed by atoms with Crippen LogP contribution in [-0.4, -0.2) is 40.7 Å². The predicted molar refractivity (Wildman–Crippen MR) is 97.9 cm³/mol. The lowest BCUT2D eigenvalue weighted by Crippen LogP contribution is -2.18. The largest absolute Gasteiger partial charge is 0.493 e. The van der Waals surface area contributed by atoms with E-state index in [-0.39, 0.29) is 6.04 Å². The molecule has 1 aliphatic rings. The molecule has 5 heteroatoms. The van der Waals surface area contributed by atoms with Crippen LogP contribution in [0, 0.1) is 0 Å². The Kier molecular flexibility index (Phi) is 5.12. The molecule has 0 amide bonds. The van der Waals surface area contributed by atoms with Gasteiger partial charge in [0, 0.05) is 6.21 Å². The highest BCUT2D eigenvalue weighted by molar-refractivity contribution is 5.84. The number of hydrogen-bond acceptors (Lipinski definition) is 5. The van der Waals surface area contributed by atoms with E-state index in [9.17, 15) is 0 Å². The normalized spacial score (nSPS) is 15.4. The highest BCUT2D eigenvalue weighted by Crippen LogP contribution is 2.33. The van der Waals surface area contributed by atoms with Crippen LogP contribution < -0.4 is 18.9 Å². The summed E-state index contributed by atoms with van der Waals surface area (Å²) in [6.45, 7) is 0. The molecule has 0 aromatic heterocycles. The molecule has 0 saturated heterocycles. The quantitative estimate of drug-likeness (QED) is 0.809. The van der Waals surface area contributed by atoms with Gasteiger partial charge in [0.05, 0.1) is 34.5 Å². The lowest BCUT2D eigenvalue weighted by atomic mass is 9.93. The maximum absolute atomic E-state index is 5.41. The molecule has 0 bridgehead atoms. The highest BCUT2D eigenvalue weighted by atomic mass is 16.5. The molecule has 0 spiro atoms. The molecule has 0 fully saturated rings. The van der Waals surface area contributed by atoms with Crippen molar-refractivity contribution in [1.82, 2.24) is 0 Å². The first-order chi connectivity index (χ1) is 12.2. The molecule has 0 radical (unpaired) electrons. The first kappa shape index (κ1) is 17.1. The van der Waals surface area contributed by atoms with Gasteiger partial charge in [-0.05, 0) is 53.8 Å². The monoisotopic (exact) mass is 341 g/mol. The molecular weight excluding hydrogens is 318 g/mol. The number of benzene rings is 2. The molecule has 0 aliphatic carbocycles. The van der Waals surface area contributed by atoms with Gasteiger partial charge in [0.1, 0.15) is 0 Å². The van der Waals surface area contributed by atoms with Crippen molar-refractivity contribution in [2.45, 2.75) is 18.9 Å². The molecule has 2 aromatic rings. The Bertz CT molecular complexity index is 786. The minimum atomic E-state index is 0.184. The second-order valence-corrected chi connectivity index (χ2v) is 5.94. The van der Waals surface area contributed by atoms with Gasteiger partial charge in [-0.25, -0.2) is 0 Å². The van der Waals surface area contributed by atoms with Crippen molar-refractivity contribution in [3.63, 3.8) is 0 Å². The fourth-order valence-electron chi connectivity index (χ4n) is 3.13. The highest BCUT2D eigenvalue weighted by Gasteiger charge is 2.19. The number of methoxy groups -OCH3 is 4. The van der Waals surface area contributed by atoms with E-state index < -0.39 is 0 Å². The summed E-state index contributed by atoms with van der Waals surface area (Å²) in [6, 6.07) is 10.2. The van der Waals surface area contributed by atoms with E-state index in [1.54, 1.807) is 28.4 Å². The molecule has 2 aromatic carbocycles. The molecule has 132 valence electrons. The second kappa shape index (κ2) is 7.47. The fraction of sp³-hybridized carbons (Fsp3) is 0.350. The van der Waals surface area contributed by atoms with Crippen molar-refractivity contribution in [3.05, 3.63) is 47.0 Å². The van der Waals surface area contributed by atoms with Crippen LogP contribution in [0.1, 0.15) is 16.7 Å². The zero-order valence-electron chi connectivity index (χ0n) is 15.0. The molecule has 5 nitrogen and oxygen atoms in total. The lowest BCUT2D eigenvalue weighted by molar-refractivity contribution is 0.354. The summed E-state index contributed by atoms with van der Waals surface area (Å²) >= 11 is 0. The Balaban J connectivity index is 1.80. The summed E-state index contributed by atoms with van der Waals surface area (Å²) < 4.78 is 21.5. The van der Waals surface area contributed by atoms with Gasteiger partial charge in [-0.3, -0.25) is 4.99 Å². The van der Waals surface area contributed by atoms with E-state index in [1.165, 1.54) is 11.1 Å². The lowest BCUT2D eigenvalue weighted by Gasteiger charge is -2.21. The van der Waals surface area contributed by atoms with Crippen LogP contribution in [0.15, 0.2) is 35.3 Å². The third-order valence-corrected chi connectivity index (χ3v) is 4.44. The molecule has 3 rings (SSSR count). The number of rotatable bonds is 6. The Labute approximate surface area is 148 Å². The Morgan fingerprint density at radius 3 is 2.16 bits per heavy atom. The number of fused-ring (bicyclic) bond motifs is 1. The molecule has 25 heavy (non-hydrogen) atoms. The van der Waals surface area contributed by atoms with Crippen LogP contribution in [0.4, 0.5) is 0 Å². The number of aliphatic imine (C=N–C) groups is 1. The van der Waals surface area contributed by atoms with Gasteiger partial charge in [-0.15, -0.1) is 0 Å². The van der Waals surface area contributed by atoms with Gasteiger partial charge in [-0.2, -0.15) is 0 Å². The Morgan fingerprint density at radius 1 is 0.840 bits per heavy atom. The fourth-order valence-corrected chi connectivity index (χ4v) is 3.13. The van der Waals surface area contributed by atoms with Gasteiger partial charge >= 0.3 is 0 Å². The second-order valence-electron chi connectivity index (χ2n) is 5.94. The van der Waals surface area contributed by atoms with Gasteiger partial charge in [0.2, 0.25) is 0 Å². The summed E-state index contributed by atoms with van der Waals surface area (Å²) in [5.41, 5.74) is 3.48. The minimum absolute atomic E-state index is 0.184. The van der Waals surface area contributed by atoms with E-state index in [0.29, 0.717) is 0 Å². The average Bonchev–Trinajstić information content (AvgIpc) is 2.66. The summed E-state index contributed by atoms with van der Waals surface area (Å²) in [5.74, 6) is 2.96. The van der Waals surface area contributed by atoms with Gasteiger partial charge in [0.15, 0.2) is 23.0 Å². The molecule has 1 aliphatic heterocycles. The van der Waals surface area contributed by atoms with Crippen LogP contribution in [0.25, 0.3) is 0 Å². The van der Waals surface area contributed by atoms with Crippen LogP contribution >= 0.6 is 0 Å². The smallest absolute Gasteiger partial charge is 0.161 e. The molecule has 0 N–H and O–H groups in total. The molecule has 0 saturated carbocycles. The summed E-state index contributed by atoms with van der Waals surface area (Å²) in [4.78, 5) is 4.70. The van der Waals surface area contributed by atoms with Crippen molar-refractivity contribution < 1.29 is 18.9 Å². The summed E-state index contributed by atoms with van der Waals surface area (Å²) in [7, 11) is 6.59. The molecule has 1 atom stereocenters. The summed E-state index contributed by atoms with van der Waals surface area (Å²) in [6.07, 6.45) is 3.62. The number of nitrogens with zero attached hydrogens (tertiary/aromatic N) is 1. The van der Waals surface area contributed by atoms with Crippen LogP contribution in [0.5, 0.6) is 23.0 Å². The average molecular weight is 341 g/mol. The standard InChI is InChI=1S/C20H23NO4/c1-22-17-6-5-13(8-18(17)23-2)7-16-9-14-10-19(24-3)20(25-4)11-15(14)12-21-16/h5-6,8,10-12,16H,7,9H2,1-4H3. The zero-order chi connectivity index (χ0) is 17.8.